The minimum absolute atomic E-state index is 0.0610. The van der Waals surface area contributed by atoms with E-state index in [1.54, 1.807) is 0 Å². The Bertz CT molecular complexity index is 550. The van der Waals surface area contributed by atoms with Gasteiger partial charge in [-0.3, -0.25) is 14.9 Å². The number of methoxy groups -OCH3 is 1. The topological polar surface area (TPSA) is 81.5 Å². The lowest BCUT2D eigenvalue weighted by atomic mass is 9.94. The predicted octanol–water partition coefficient (Wildman–Crippen LogP) is 2.88. The summed E-state index contributed by atoms with van der Waals surface area (Å²) in [6, 6.07) is 4.00. The summed E-state index contributed by atoms with van der Waals surface area (Å²) in [5, 5.41) is 13.7. The van der Waals surface area contributed by atoms with Crippen molar-refractivity contribution in [2.45, 2.75) is 37.1 Å². The predicted molar refractivity (Wildman–Crippen MR) is 79.0 cm³/mol. The van der Waals surface area contributed by atoms with Crippen LogP contribution in [-0.4, -0.2) is 29.4 Å². The molecule has 1 aromatic carbocycles. The first-order chi connectivity index (χ1) is 10.0. The number of alkyl halides is 1. The van der Waals surface area contributed by atoms with Gasteiger partial charge in [0.15, 0.2) is 5.75 Å². The van der Waals surface area contributed by atoms with Crippen LogP contribution in [-0.2, 0) is 0 Å². The number of amides is 1. The zero-order chi connectivity index (χ0) is 15.4. The number of carbonyl (C=O) groups is 1. The van der Waals surface area contributed by atoms with Gasteiger partial charge in [0.25, 0.3) is 5.91 Å². The average molecular weight is 313 g/mol. The molecule has 2 atom stereocenters. The molecule has 0 saturated heterocycles. The van der Waals surface area contributed by atoms with Gasteiger partial charge in [0, 0.05) is 23.7 Å². The number of ether oxygens (including phenoxy) is 1. The van der Waals surface area contributed by atoms with Crippen LogP contribution in [0.25, 0.3) is 0 Å². The molecule has 1 N–H and O–H groups in total. The van der Waals surface area contributed by atoms with Crippen LogP contribution in [0.4, 0.5) is 5.69 Å². The molecule has 1 aromatic rings. The summed E-state index contributed by atoms with van der Waals surface area (Å²) >= 11 is 6.21. The third-order valence-electron chi connectivity index (χ3n) is 3.64. The lowest BCUT2D eigenvalue weighted by molar-refractivity contribution is -0.385. The smallest absolute Gasteiger partial charge is 0.310 e. The first kappa shape index (κ1) is 15.6. The summed E-state index contributed by atoms with van der Waals surface area (Å²) < 4.78 is 4.96. The highest BCUT2D eigenvalue weighted by Gasteiger charge is 2.25. The van der Waals surface area contributed by atoms with Gasteiger partial charge in [0.2, 0.25) is 0 Å². The van der Waals surface area contributed by atoms with Crippen molar-refractivity contribution in [1.82, 2.24) is 5.32 Å². The van der Waals surface area contributed by atoms with Crippen LogP contribution in [0.3, 0.4) is 0 Å². The number of hydrogen-bond acceptors (Lipinski definition) is 4. The van der Waals surface area contributed by atoms with E-state index in [1.165, 1.54) is 25.3 Å². The van der Waals surface area contributed by atoms with Crippen molar-refractivity contribution in [1.29, 1.82) is 0 Å². The second-order valence-corrected chi connectivity index (χ2v) is 5.58. The fourth-order valence-corrected chi connectivity index (χ4v) is 2.81. The maximum atomic E-state index is 12.2. The zero-order valence-corrected chi connectivity index (χ0v) is 12.4. The minimum atomic E-state index is -0.545. The van der Waals surface area contributed by atoms with Crippen LogP contribution in [0.5, 0.6) is 5.75 Å². The largest absolute Gasteiger partial charge is 0.490 e. The quantitative estimate of drug-likeness (QED) is 0.526. The second-order valence-electron chi connectivity index (χ2n) is 5.02. The van der Waals surface area contributed by atoms with E-state index in [0.717, 1.165) is 25.7 Å². The Morgan fingerprint density at radius 1 is 1.43 bits per heavy atom. The Hall–Kier alpha value is -1.82. The van der Waals surface area contributed by atoms with E-state index in [4.69, 9.17) is 16.3 Å². The number of nitrogens with zero attached hydrogens (tertiary/aromatic N) is 1. The van der Waals surface area contributed by atoms with Gasteiger partial charge in [-0.15, -0.1) is 11.6 Å². The summed E-state index contributed by atoms with van der Waals surface area (Å²) in [5.74, 6) is -0.223. The van der Waals surface area contributed by atoms with Gasteiger partial charge in [0.05, 0.1) is 17.4 Å². The van der Waals surface area contributed by atoms with E-state index >= 15 is 0 Å². The first-order valence-electron chi connectivity index (χ1n) is 6.80. The molecule has 1 saturated carbocycles. The van der Waals surface area contributed by atoms with Crippen LogP contribution in [0.1, 0.15) is 36.0 Å². The van der Waals surface area contributed by atoms with E-state index in [0.29, 0.717) is 5.56 Å². The van der Waals surface area contributed by atoms with Gasteiger partial charge in [-0.25, -0.2) is 0 Å². The SMILES string of the molecule is COc1cc(C(=O)NC2CCCCC2Cl)ccc1[N+](=O)[O-]. The molecule has 0 radical (unpaired) electrons. The average Bonchev–Trinajstić information content (AvgIpc) is 2.48. The highest BCUT2D eigenvalue weighted by Crippen LogP contribution is 2.28. The van der Waals surface area contributed by atoms with Crippen LogP contribution in [0, 0.1) is 10.1 Å². The molecule has 2 unspecified atom stereocenters. The number of nitro benzene ring substituents is 1. The van der Waals surface area contributed by atoms with Crippen LogP contribution in [0.2, 0.25) is 0 Å². The minimum Gasteiger partial charge on any atom is -0.490 e. The summed E-state index contributed by atoms with van der Waals surface area (Å²) in [7, 11) is 1.33. The van der Waals surface area contributed by atoms with E-state index in [-0.39, 0.29) is 28.8 Å². The normalized spacial score (nSPS) is 21.6. The molecule has 1 amide bonds. The molecule has 0 spiro atoms. The first-order valence-corrected chi connectivity index (χ1v) is 7.24. The lowest BCUT2D eigenvalue weighted by Gasteiger charge is -2.27. The highest BCUT2D eigenvalue weighted by atomic mass is 35.5. The molecule has 0 aromatic heterocycles. The van der Waals surface area contributed by atoms with Crippen molar-refractivity contribution in [3.8, 4) is 5.75 Å². The number of nitrogens with one attached hydrogen (secondary N) is 1. The number of benzene rings is 1. The van der Waals surface area contributed by atoms with Crippen molar-refractivity contribution in [3.63, 3.8) is 0 Å². The monoisotopic (exact) mass is 312 g/mol. The molecule has 1 aliphatic carbocycles. The Kier molecular flexibility index (Phi) is 5.01. The Labute approximate surface area is 127 Å². The maximum absolute atomic E-state index is 12.2. The van der Waals surface area contributed by atoms with E-state index in [2.05, 4.69) is 5.32 Å². The molecule has 0 heterocycles. The van der Waals surface area contributed by atoms with Gasteiger partial charge < -0.3 is 10.1 Å². The molecule has 1 aliphatic rings. The number of halogens is 1. The molecule has 0 bridgehead atoms. The Balaban J connectivity index is 2.13. The third kappa shape index (κ3) is 3.64. The van der Waals surface area contributed by atoms with E-state index < -0.39 is 4.92 Å². The number of hydrogen-bond donors (Lipinski definition) is 1. The second kappa shape index (κ2) is 6.76. The Morgan fingerprint density at radius 2 is 2.14 bits per heavy atom. The third-order valence-corrected chi connectivity index (χ3v) is 4.16. The van der Waals surface area contributed by atoms with Crippen molar-refractivity contribution in [2.75, 3.05) is 7.11 Å². The Morgan fingerprint density at radius 3 is 2.76 bits per heavy atom. The standard InChI is InChI=1S/C14H17ClN2O4/c1-21-13-8-9(6-7-12(13)17(19)20)14(18)16-11-5-3-2-4-10(11)15/h6-8,10-11H,2-5H2,1H3,(H,16,18). The number of carbonyl (C=O) groups excluding carboxylic acids is 1. The van der Waals surface area contributed by atoms with Gasteiger partial charge in [-0.1, -0.05) is 12.8 Å². The van der Waals surface area contributed by atoms with Crippen molar-refractivity contribution in [2.24, 2.45) is 0 Å². The van der Waals surface area contributed by atoms with Gasteiger partial charge in [0.1, 0.15) is 0 Å². The molecule has 7 heteroatoms. The van der Waals surface area contributed by atoms with Gasteiger partial charge in [-0.2, -0.15) is 0 Å². The van der Waals surface area contributed by atoms with Crippen molar-refractivity contribution in [3.05, 3.63) is 33.9 Å². The van der Waals surface area contributed by atoms with Gasteiger partial charge in [-0.05, 0) is 18.9 Å². The fourth-order valence-electron chi connectivity index (χ4n) is 2.47. The molecule has 2 rings (SSSR count). The number of rotatable bonds is 4. The molecule has 114 valence electrons. The molecule has 21 heavy (non-hydrogen) atoms. The van der Waals surface area contributed by atoms with E-state index in [9.17, 15) is 14.9 Å². The fraction of sp³-hybridized carbons (Fsp3) is 0.500. The van der Waals surface area contributed by atoms with Gasteiger partial charge >= 0.3 is 5.69 Å². The lowest BCUT2D eigenvalue weighted by Crippen LogP contribution is -2.42. The highest BCUT2D eigenvalue weighted by molar-refractivity contribution is 6.21. The molecule has 1 fully saturated rings. The summed E-state index contributed by atoms with van der Waals surface area (Å²) in [6.07, 6.45) is 3.85. The molecule has 6 nitrogen and oxygen atoms in total. The molecular formula is C14H17ClN2O4. The van der Waals surface area contributed by atoms with Crippen LogP contribution >= 0.6 is 11.6 Å². The van der Waals surface area contributed by atoms with Crippen molar-refractivity contribution < 1.29 is 14.5 Å². The summed E-state index contributed by atoms with van der Waals surface area (Å²) in [5.41, 5.74) is 0.161. The number of nitro groups is 1. The van der Waals surface area contributed by atoms with E-state index in [1.807, 2.05) is 0 Å². The summed E-state index contributed by atoms with van der Waals surface area (Å²) in [4.78, 5) is 22.5. The molecule has 0 aliphatic heterocycles. The van der Waals surface area contributed by atoms with Crippen molar-refractivity contribution >= 4 is 23.2 Å². The summed E-state index contributed by atoms with van der Waals surface area (Å²) in [6.45, 7) is 0. The zero-order valence-electron chi connectivity index (χ0n) is 11.7. The van der Waals surface area contributed by atoms with Crippen LogP contribution < -0.4 is 10.1 Å². The molecular weight excluding hydrogens is 296 g/mol. The maximum Gasteiger partial charge on any atom is 0.310 e. The van der Waals surface area contributed by atoms with Crippen LogP contribution in [0.15, 0.2) is 18.2 Å².